The minimum atomic E-state index is -0.197. The molecule has 2 aromatic carbocycles. The molecule has 0 saturated heterocycles. The highest BCUT2D eigenvalue weighted by Crippen LogP contribution is 2.22. The number of hydrogen-bond donors (Lipinski definition) is 2. The van der Waals surface area contributed by atoms with Gasteiger partial charge in [0.1, 0.15) is 11.2 Å². The van der Waals surface area contributed by atoms with Gasteiger partial charge in [0.05, 0.1) is 0 Å². The number of halogens is 1. The monoisotopic (exact) mass is 369 g/mol. The molecule has 5 nitrogen and oxygen atoms in total. The Bertz CT molecular complexity index is 1050. The Morgan fingerprint density at radius 3 is 2.96 bits per heavy atom. The van der Waals surface area contributed by atoms with Crippen molar-refractivity contribution in [1.29, 1.82) is 0 Å². The zero-order valence-corrected chi connectivity index (χ0v) is 13.8. The minimum absolute atomic E-state index is 0.197. The third-order valence-corrected chi connectivity index (χ3v) is 4.07. The topological polar surface area (TPSA) is 70.9 Å². The number of amides is 1. The minimum Gasteiger partial charge on any atom is -0.441 e. The number of carbonyl (C=O) groups excluding carboxylic acids is 1. The van der Waals surface area contributed by atoms with Crippen LogP contribution in [0.5, 0.6) is 0 Å². The van der Waals surface area contributed by atoms with Crippen molar-refractivity contribution in [3.05, 3.63) is 58.5 Å². The van der Waals surface area contributed by atoms with Crippen LogP contribution in [-0.4, -0.2) is 15.9 Å². The van der Waals surface area contributed by atoms with Crippen LogP contribution in [0.1, 0.15) is 16.4 Å². The molecular formula is C17H12BrN3O2. The number of nitrogens with zero attached hydrogens (tertiary/aromatic N) is 1. The van der Waals surface area contributed by atoms with Crippen molar-refractivity contribution < 1.29 is 9.21 Å². The largest absolute Gasteiger partial charge is 0.441 e. The number of nitrogens with one attached hydrogen (secondary N) is 2. The van der Waals surface area contributed by atoms with E-state index in [1.165, 1.54) is 0 Å². The third kappa shape index (κ3) is 2.61. The standard InChI is InChI=1S/C17H12BrN3O2/c1-9-19-14-8-12(3-5-16(14)23-9)20-17(22)15-7-10-6-11(18)2-4-13(10)21-15/h2-8,21H,1H3,(H,20,22). The maximum Gasteiger partial charge on any atom is 0.272 e. The number of H-pyrrole nitrogens is 1. The highest BCUT2D eigenvalue weighted by Gasteiger charge is 2.11. The number of aromatic nitrogens is 2. The summed E-state index contributed by atoms with van der Waals surface area (Å²) in [6.07, 6.45) is 0. The van der Waals surface area contributed by atoms with Crippen LogP contribution >= 0.6 is 15.9 Å². The van der Waals surface area contributed by atoms with E-state index in [9.17, 15) is 4.79 Å². The summed E-state index contributed by atoms with van der Waals surface area (Å²) in [6.45, 7) is 1.79. The van der Waals surface area contributed by atoms with Gasteiger partial charge in [-0.1, -0.05) is 15.9 Å². The Hall–Kier alpha value is -2.60. The molecule has 1 amide bonds. The van der Waals surface area contributed by atoms with E-state index in [0.29, 0.717) is 22.9 Å². The van der Waals surface area contributed by atoms with E-state index in [1.807, 2.05) is 24.3 Å². The highest BCUT2D eigenvalue weighted by atomic mass is 79.9. The Morgan fingerprint density at radius 1 is 1.22 bits per heavy atom. The fourth-order valence-corrected chi connectivity index (χ4v) is 2.92. The first-order valence-electron chi connectivity index (χ1n) is 7.05. The van der Waals surface area contributed by atoms with Crippen molar-refractivity contribution in [3.8, 4) is 0 Å². The summed E-state index contributed by atoms with van der Waals surface area (Å²) in [5.41, 5.74) is 3.53. The second-order valence-corrected chi connectivity index (χ2v) is 6.20. The molecule has 0 spiro atoms. The lowest BCUT2D eigenvalue weighted by molar-refractivity contribution is 0.102. The van der Waals surface area contributed by atoms with E-state index in [0.717, 1.165) is 20.9 Å². The molecule has 4 rings (SSSR count). The summed E-state index contributed by atoms with van der Waals surface area (Å²) in [5, 5.41) is 3.85. The van der Waals surface area contributed by atoms with Gasteiger partial charge in [-0.2, -0.15) is 0 Å². The normalized spacial score (nSPS) is 11.2. The van der Waals surface area contributed by atoms with Crippen LogP contribution in [0, 0.1) is 6.92 Å². The predicted octanol–water partition coefficient (Wildman–Crippen LogP) is 4.63. The van der Waals surface area contributed by atoms with E-state index < -0.39 is 0 Å². The number of aromatic amines is 1. The SMILES string of the molecule is Cc1nc2cc(NC(=O)c3cc4cc(Br)ccc4[nH]3)ccc2o1. The van der Waals surface area contributed by atoms with E-state index >= 15 is 0 Å². The first-order valence-corrected chi connectivity index (χ1v) is 7.84. The smallest absolute Gasteiger partial charge is 0.272 e. The van der Waals surface area contributed by atoms with Crippen molar-refractivity contribution in [2.45, 2.75) is 6.92 Å². The maximum absolute atomic E-state index is 12.4. The van der Waals surface area contributed by atoms with Gasteiger partial charge >= 0.3 is 0 Å². The Kier molecular flexibility index (Phi) is 3.20. The molecule has 114 valence electrons. The molecule has 2 aromatic heterocycles. The molecule has 0 saturated carbocycles. The van der Waals surface area contributed by atoms with Crippen molar-refractivity contribution >= 4 is 49.5 Å². The average Bonchev–Trinajstić information content (AvgIpc) is 3.08. The molecule has 0 atom stereocenters. The van der Waals surface area contributed by atoms with Crippen LogP contribution in [-0.2, 0) is 0 Å². The number of carbonyl (C=O) groups is 1. The van der Waals surface area contributed by atoms with Crippen molar-refractivity contribution in [1.82, 2.24) is 9.97 Å². The van der Waals surface area contributed by atoms with E-state index in [4.69, 9.17) is 4.42 Å². The van der Waals surface area contributed by atoms with Gasteiger partial charge in [-0.15, -0.1) is 0 Å². The molecule has 0 radical (unpaired) electrons. The van der Waals surface area contributed by atoms with Gasteiger partial charge in [-0.3, -0.25) is 4.79 Å². The molecule has 6 heteroatoms. The molecule has 0 aliphatic carbocycles. The number of rotatable bonds is 2. The number of benzene rings is 2. The molecular weight excluding hydrogens is 358 g/mol. The number of aryl methyl sites for hydroxylation is 1. The van der Waals surface area contributed by atoms with Crippen LogP contribution in [0.3, 0.4) is 0 Å². The molecule has 23 heavy (non-hydrogen) atoms. The third-order valence-electron chi connectivity index (χ3n) is 3.58. The second kappa shape index (κ2) is 5.24. The Labute approximate surface area is 139 Å². The van der Waals surface area contributed by atoms with Gasteiger partial charge in [0.25, 0.3) is 5.91 Å². The zero-order valence-electron chi connectivity index (χ0n) is 12.2. The molecule has 0 fully saturated rings. The molecule has 0 aliphatic rings. The van der Waals surface area contributed by atoms with Crippen LogP contribution in [0.2, 0.25) is 0 Å². The number of anilines is 1. The molecule has 0 unspecified atom stereocenters. The van der Waals surface area contributed by atoms with E-state index in [1.54, 1.807) is 25.1 Å². The molecule has 2 heterocycles. The Balaban J connectivity index is 1.64. The van der Waals surface area contributed by atoms with Gasteiger partial charge in [0, 0.05) is 28.0 Å². The molecule has 2 N–H and O–H groups in total. The van der Waals surface area contributed by atoms with Crippen molar-refractivity contribution in [2.24, 2.45) is 0 Å². The van der Waals surface area contributed by atoms with Crippen molar-refractivity contribution in [2.75, 3.05) is 5.32 Å². The fourth-order valence-electron chi connectivity index (χ4n) is 2.54. The zero-order chi connectivity index (χ0) is 16.0. The lowest BCUT2D eigenvalue weighted by atomic mass is 10.2. The summed E-state index contributed by atoms with van der Waals surface area (Å²) in [5.74, 6) is 0.404. The van der Waals surface area contributed by atoms with Gasteiger partial charge < -0.3 is 14.7 Å². The maximum atomic E-state index is 12.4. The second-order valence-electron chi connectivity index (χ2n) is 5.28. The lowest BCUT2D eigenvalue weighted by Gasteiger charge is -2.02. The summed E-state index contributed by atoms with van der Waals surface area (Å²) >= 11 is 3.43. The lowest BCUT2D eigenvalue weighted by Crippen LogP contribution is -2.12. The van der Waals surface area contributed by atoms with Gasteiger partial charge in [-0.05, 0) is 42.5 Å². The Morgan fingerprint density at radius 2 is 2.09 bits per heavy atom. The van der Waals surface area contributed by atoms with Crippen LogP contribution in [0.25, 0.3) is 22.0 Å². The average molecular weight is 370 g/mol. The summed E-state index contributed by atoms with van der Waals surface area (Å²) in [7, 11) is 0. The van der Waals surface area contributed by atoms with Crippen LogP contribution < -0.4 is 5.32 Å². The number of hydrogen-bond acceptors (Lipinski definition) is 3. The predicted molar refractivity (Wildman–Crippen MR) is 92.7 cm³/mol. The summed E-state index contributed by atoms with van der Waals surface area (Å²) in [4.78, 5) is 19.8. The first kappa shape index (κ1) is 14.0. The molecule has 4 aromatic rings. The number of fused-ring (bicyclic) bond motifs is 2. The fraction of sp³-hybridized carbons (Fsp3) is 0.0588. The van der Waals surface area contributed by atoms with Crippen LogP contribution in [0.4, 0.5) is 5.69 Å². The van der Waals surface area contributed by atoms with Gasteiger partial charge in [-0.25, -0.2) is 4.98 Å². The first-order chi connectivity index (χ1) is 11.1. The van der Waals surface area contributed by atoms with Crippen molar-refractivity contribution in [3.63, 3.8) is 0 Å². The molecule has 0 bridgehead atoms. The summed E-state index contributed by atoms with van der Waals surface area (Å²) < 4.78 is 6.40. The van der Waals surface area contributed by atoms with E-state index in [2.05, 4.69) is 31.2 Å². The summed E-state index contributed by atoms with van der Waals surface area (Å²) in [6, 6.07) is 13.0. The highest BCUT2D eigenvalue weighted by molar-refractivity contribution is 9.10. The molecule has 0 aliphatic heterocycles. The van der Waals surface area contributed by atoms with E-state index in [-0.39, 0.29) is 5.91 Å². The van der Waals surface area contributed by atoms with Crippen LogP contribution in [0.15, 0.2) is 51.4 Å². The number of oxazole rings is 1. The van der Waals surface area contributed by atoms with Gasteiger partial charge in [0.2, 0.25) is 0 Å². The quantitative estimate of drug-likeness (QED) is 0.540. The van der Waals surface area contributed by atoms with Gasteiger partial charge in [0.15, 0.2) is 11.5 Å².